The molecule has 1 amide bonds. The Morgan fingerprint density at radius 2 is 1.78 bits per heavy atom. The number of pyridine rings is 2. The third-order valence-corrected chi connectivity index (χ3v) is 6.70. The fourth-order valence-corrected chi connectivity index (χ4v) is 4.84. The minimum Gasteiger partial charge on any atom is -0.474 e. The number of carbonyl (C=O) groups is 1. The maximum absolute atomic E-state index is 13.4. The second kappa shape index (κ2) is 9.65. The summed E-state index contributed by atoms with van der Waals surface area (Å²) in [6, 6.07) is 11.8. The Morgan fingerprint density at radius 1 is 1.03 bits per heavy atom. The molecule has 1 fully saturated rings. The van der Waals surface area contributed by atoms with Gasteiger partial charge in [0.1, 0.15) is 17.7 Å². The summed E-state index contributed by atoms with van der Waals surface area (Å²) in [7, 11) is -3.55. The molecule has 0 bridgehead atoms. The molecule has 5 rings (SSSR count). The molecule has 9 nitrogen and oxygen atoms in total. The molecule has 0 spiro atoms. The van der Waals surface area contributed by atoms with Crippen molar-refractivity contribution in [1.29, 1.82) is 0 Å². The minimum atomic E-state index is -3.55. The van der Waals surface area contributed by atoms with Gasteiger partial charge in [-0.3, -0.25) is 14.5 Å². The van der Waals surface area contributed by atoms with Crippen LogP contribution < -0.4 is 9.46 Å². The highest BCUT2D eigenvalue weighted by atomic mass is 32.2. The van der Waals surface area contributed by atoms with Gasteiger partial charge in [-0.05, 0) is 62.1 Å². The number of halogens is 1. The Labute approximate surface area is 207 Å². The van der Waals surface area contributed by atoms with Crippen LogP contribution in [0.15, 0.2) is 54.9 Å². The number of rotatable bonds is 6. The van der Waals surface area contributed by atoms with Gasteiger partial charge in [0, 0.05) is 35.5 Å². The number of sulfonamides is 1. The Bertz CT molecular complexity index is 1500. The normalized spacial score (nSPS) is 18.2. The average molecular weight is 510 g/mol. The van der Waals surface area contributed by atoms with E-state index in [1.165, 1.54) is 12.1 Å². The van der Waals surface area contributed by atoms with Gasteiger partial charge in [-0.2, -0.15) is 0 Å². The van der Waals surface area contributed by atoms with E-state index in [4.69, 9.17) is 4.74 Å². The zero-order valence-corrected chi connectivity index (χ0v) is 20.3. The molecular formula is C25H24FN5O4S. The molecule has 0 saturated heterocycles. The van der Waals surface area contributed by atoms with Crippen molar-refractivity contribution in [2.75, 3.05) is 6.26 Å². The molecule has 3 heterocycles. The van der Waals surface area contributed by atoms with E-state index < -0.39 is 15.9 Å². The lowest BCUT2D eigenvalue weighted by Crippen LogP contribution is -2.38. The number of imidazole rings is 1. The van der Waals surface area contributed by atoms with Gasteiger partial charge in [-0.25, -0.2) is 22.8 Å². The fraction of sp³-hybridized carbons (Fsp3) is 0.280. The Kier molecular flexibility index (Phi) is 6.40. The van der Waals surface area contributed by atoms with Crippen molar-refractivity contribution in [3.63, 3.8) is 0 Å². The summed E-state index contributed by atoms with van der Waals surface area (Å²) in [5.41, 5.74) is 3.64. The van der Waals surface area contributed by atoms with Crippen LogP contribution in [0.4, 0.5) is 4.39 Å². The van der Waals surface area contributed by atoms with Crippen molar-refractivity contribution in [3.8, 4) is 28.5 Å². The van der Waals surface area contributed by atoms with Gasteiger partial charge in [-0.15, -0.1) is 0 Å². The molecule has 11 heteroatoms. The minimum absolute atomic E-state index is 0.0830. The SMILES string of the molecule is CS(=O)(=O)NC(=O)C1CCC(Oc2ccc(-c3ccc(-c4nc5ccc(F)cc5[nH]4)cn3)cn2)CC1. The zero-order valence-electron chi connectivity index (χ0n) is 19.4. The number of carbonyl (C=O) groups excluding carboxylic acids is 1. The number of hydrogen-bond donors (Lipinski definition) is 2. The highest BCUT2D eigenvalue weighted by molar-refractivity contribution is 7.89. The van der Waals surface area contributed by atoms with E-state index in [1.54, 1.807) is 24.5 Å². The Balaban J connectivity index is 1.19. The summed E-state index contributed by atoms with van der Waals surface area (Å²) < 4.78 is 44.0. The number of H-pyrrole nitrogens is 1. The first-order valence-electron chi connectivity index (χ1n) is 11.5. The summed E-state index contributed by atoms with van der Waals surface area (Å²) in [5, 5.41) is 0. The molecule has 0 atom stereocenters. The molecule has 36 heavy (non-hydrogen) atoms. The molecule has 4 aromatic rings. The van der Waals surface area contributed by atoms with E-state index in [1.807, 2.05) is 18.2 Å². The molecule has 2 N–H and O–H groups in total. The maximum atomic E-state index is 13.4. The Hall–Kier alpha value is -3.86. The second-order valence-electron chi connectivity index (χ2n) is 8.89. The zero-order chi connectivity index (χ0) is 25.3. The molecule has 1 saturated carbocycles. The van der Waals surface area contributed by atoms with Crippen LogP contribution in [0.5, 0.6) is 5.88 Å². The first-order valence-corrected chi connectivity index (χ1v) is 13.4. The Morgan fingerprint density at radius 3 is 2.44 bits per heavy atom. The predicted octanol–water partition coefficient (Wildman–Crippen LogP) is 3.84. The van der Waals surface area contributed by atoms with Crippen LogP contribution in [-0.2, 0) is 14.8 Å². The third-order valence-electron chi connectivity index (χ3n) is 6.13. The van der Waals surface area contributed by atoms with Crippen LogP contribution in [0, 0.1) is 11.7 Å². The summed E-state index contributed by atoms with van der Waals surface area (Å²) >= 11 is 0. The first-order chi connectivity index (χ1) is 17.2. The topological polar surface area (TPSA) is 127 Å². The number of hydrogen-bond acceptors (Lipinski definition) is 7. The molecule has 0 aliphatic heterocycles. The molecule has 1 aliphatic rings. The fourth-order valence-electron chi connectivity index (χ4n) is 4.30. The number of aromatic amines is 1. The van der Waals surface area contributed by atoms with E-state index >= 15 is 0 Å². The maximum Gasteiger partial charge on any atom is 0.236 e. The van der Waals surface area contributed by atoms with Crippen molar-refractivity contribution in [1.82, 2.24) is 24.7 Å². The number of benzene rings is 1. The standard InChI is InChI=1S/C25H24FN5O4S/c1-36(33,34)31-25(32)15-2-7-19(8-3-15)35-23-11-5-16(13-28-23)20-9-4-17(14-27-20)24-29-21-10-6-18(26)12-22(21)30-24/h4-6,9-15,19H,2-3,7-8H2,1H3,(H,29,30)(H,31,32). The van der Waals surface area contributed by atoms with E-state index in [9.17, 15) is 17.6 Å². The average Bonchev–Trinajstić information content (AvgIpc) is 3.27. The number of aromatic nitrogens is 4. The van der Waals surface area contributed by atoms with Crippen LogP contribution in [0.2, 0.25) is 0 Å². The van der Waals surface area contributed by atoms with Crippen molar-refractivity contribution in [2.24, 2.45) is 5.92 Å². The van der Waals surface area contributed by atoms with Gasteiger partial charge < -0.3 is 9.72 Å². The van der Waals surface area contributed by atoms with Crippen molar-refractivity contribution in [3.05, 3.63) is 60.7 Å². The highest BCUT2D eigenvalue weighted by Crippen LogP contribution is 2.28. The van der Waals surface area contributed by atoms with Crippen molar-refractivity contribution >= 4 is 27.0 Å². The van der Waals surface area contributed by atoms with Gasteiger partial charge >= 0.3 is 0 Å². The van der Waals surface area contributed by atoms with Gasteiger partial charge in [0.15, 0.2) is 0 Å². The van der Waals surface area contributed by atoms with Gasteiger partial charge in [-0.1, -0.05) is 0 Å². The monoisotopic (exact) mass is 509 g/mol. The lowest BCUT2D eigenvalue weighted by atomic mass is 9.87. The largest absolute Gasteiger partial charge is 0.474 e. The number of ether oxygens (including phenoxy) is 1. The molecular weight excluding hydrogens is 485 g/mol. The van der Waals surface area contributed by atoms with E-state index in [2.05, 4.69) is 24.7 Å². The van der Waals surface area contributed by atoms with Crippen LogP contribution in [0.1, 0.15) is 25.7 Å². The number of nitrogens with zero attached hydrogens (tertiary/aromatic N) is 3. The first kappa shape index (κ1) is 23.9. The lowest BCUT2D eigenvalue weighted by Gasteiger charge is -2.27. The number of fused-ring (bicyclic) bond motifs is 1. The number of nitrogens with one attached hydrogen (secondary N) is 2. The van der Waals surface area contributed by atoms with Crippen molar-refractivity contribution < 1.29 is 22.3 Å². The van der Waals surface area contributed by atoms with Gasteiger partial charge in [0.05, 0.1) is 23.0 Å². The summed E-state index contributed by atoms with van der Waals surface area (Å²) in [4.78, 5) is 28.5. The van der Waals surface area contributed by atoms with Crippen LogP contribution in [0.25, 0.3) is 33.7 Å². The lowest BCUT2D eigenvalue weighted by molar-refractivity contribution is -0.124. The van der Waals surface area contributed by atoms with Crippen molar-refractivity contribution in [2.45, 2.75) is 31.8 Å². The summed E-state index contributed by atoms with van der Waals surface area (Å²) in [6.45, 7) is 0. The van der Waals surface area contributed by atoms with E-state index in [0.717, 1.165) is 23.1 Å². The quantitative estimate of drug-likeness (QED) is 0.404. The predicted molar refractivity (Wildman–Crippen MR) is 132 cm³/mol. The molecule has 0 radical (unpaired) electrons. The molecule has 1 aromatic carbocycles. The molecule has 3 aromatic heterocycles. The van der Waals surface area contributed by atoms with E-state index in [-0.39, 0.29) is 17.8 Å². The summed E-state index contributed by atoms with van der Waals surface area (Å²) in [6.07, 6.45) is 6.68. The van der Waals surface area contributed by atoms with Crippen LogP contribution in [-0.4, -0.2) is 46.6 Å². The van der Waals surface area contributed by atoms with Crippen LogP contribution in [0.3, 0.4) is 0 Å². The van der Waals surface area contributed by atoms with Crippen LogP contribution >= 0.6 is 0 Å². The highest BCUT2D eigenvalue weighted by Gasteiger charge is 2.28. The molecule has 0 unspecified atom stereocenters. The van der Waals surface area contributed by atoms with Gasteiger partial charge in [0.2, 0.25) is 21.8 Å². The third kappa shape index (κ3) is 5.51. The summed E-state index contributed by atoms with van der Waals surface area (Å²) in [5.74, 6) is -0.0133. The molecule has 1 aliphatic carbocycles. The number of amides is 1. The van der Waals surface area contributed by atoms with Gasteiger partial charge in [0.25, 0.3) is 0 Å². The van der Waals surface area contributed by atoms with E-state index in [0.29, 0.717) is 48.4 Å². The smallest absolute Gasteiger partial charge is 0.236 e. The second-order valence-corrected chi connectivity index (χ2v) is 10.6. The molecule has 186 valence electrons.